The summed E-state index contributed by atoms with van der Waals surface area (Å²) in [6.07, 6.45) is 1.54. The van der Waals surface area contributed by atoms with Gasteiger partial charge in [-0.05, 0) is 0 Å². The summed E-state index contributed by atoms with van der Waals surface area (Å²) in [6, 6.07) is 0. The second kappa shape index (κ2) is 2.45. The summed E-state index contributed by atoms with van der Waals surface area (Å²) >= 11 is 0. The topological polar surface area (TPSA) is 87.7 Å². The quantitative estimate of drug-likeness (QED) is 0.599. The van der Waals surface area contributed by atoms with Crippen LogP contribution in [0.5, 0.6) is 5.75 Å². The molecule has 0 bridgehead atoms. The minimum atomic E-state index is -1.42. The minimum absolute atomic E-state index is 0.579. The largest absolute Gasteiger partial charge is 0.502 e. The highest BCUT2D eigenvalue weighted by Gasteiger charge is 2.11. The van der Waals surface area contributed by atoms with E-state index >= 15 is 0 Å². The summed E-state index contributed by atoms with van der Waals surface area (Å²) in [6.45, 7) is 0. The van der Waals surface area contributed by atoms with Crippen LogP contribution in [0, 0.1) is 0 Å². The Morgan fingerprint density at radius 1 is 1.45 bits per heavy atom. The van der Waals surface area contributed by atoms with E-state index in [0.29, 0.717) is 0 Å². The molecule has 0 aliphatic rings. The lowest BCUT2D eigenvalue weighted by Gasteiger charge is -1.91. The average molecular weight is 156 g/mol. The van der Waals surface area contributed by atoms with E-state index in [-0.39, 0.29) is 0 Å². The molecular formula is C6H4O5. The fourth-order valence-electron chi connectivity index (χ4n) is 0.559. The van der Waals surface area contributed by atoms with Crippen molar-refractivity contribution in [3.05, 3.63) is 28.3 Å². The van der Waals surface area contributed by atoms with E-state index in [1.807, 2.05) is 0 Å². The molecule has 0 aliphatic heterocycles. The van der Waals surface area contributed by atoms with Gasteiger partial charge in [0.25, 0.3) is 0 Å². The first kappa shape index (κ1) is 7.33. The van der Waals surface area contributed by atoms with Crippen molar-refractivity contribution in [3.8, 4) is 5.75 Å². The van der Waals surface area contributed by atoms with Crippen molar-refractivity contribution in [1.29, 1.82) is 0 Å². The van der Waals surface area contributed by atoms with E-state index in [2.05, 4.69) is 4.42 Å². The van der Waals surface area contributed by atoms with Crippen LogP contribution >= 0.6 is 0 Å². The Bertz CT molecular complexity index is 337. The number of hydrogen-bond donors (Lipinski definition) is 2. The molecule has 0 saturated heterocycles. The summed E-state index contributed by atoms with van der Waals surface area (Å²) in [4.78, 5) is 20.9. The van der Waals surface area contributed by atoms with Gasteiger partial charge in [-0.3, -0.25) is 4.79 Å². The van der Waals surface area contributed by atoms with E-state index in [1.54, 1.807) is 0 Å². The Hall–Kier alpha value is -1.78. The van der Waals surface area contributed by atoms with Gasteiger partial charge in [0.15, 0.2) is 5.75 Å². The van der Waals surface area contributed by atoms with Gasteiger partial charge in [-0.25, -0.2) is 4.79 Å². The van der Waals surface area contributed by atoms with Crippen LogP contribution in [0.2, 0.25) is 0 Å². The van der Waals surface area contributed by atoms with Gasteiger partial charge in [0.2, 0.25) is 5.43 Å². The predicted octanol–water partition coefficient (Wildman–Crippen LogP) is 0.0436. The predicted molar refractivity (Wildman–Crippen MR) is 33.6 cm³/mol. The zero-order valence-corrected chi connectivity index (χ0v) is 5.27. The van der Waals surface area contributed by atoms with Crippen LogP contribution in [-0.2, 0) is 0 Å². The number of rotatable bonds is 1. The molecule has 0 saturated carbocycles. The van der Waals surface area contributed by atoms with E-state index < -0.39 is 22.7 Å². The van der Waals surface area contributed by atoms with Crippen molar-refractivity contribution in [2.45, 2.75) is 0 Å². The van der Waals surface area contributed by atoms with Crippen molar-refractivity contribution < 1.29 is 19.4 Å². The van der Waals surface area contributed by atoms with Crippen molar-refractivity contribution in [2.75, 3.05) is 0 Å². The molecular weight excluding hydrogens is 152 g/mol. The fraction of sp³-hybridized carbons (Fsp3) is 0. The molecule has 0 fully saturated rings. The molecule has 5 heteroatoms. The molecule has 0 unspecified atom stereocenters. The average Bonchev–Trinajstić information content (AvgIpc) is 1.94. The molecule has 0 aromatic carbocycles. The normalized spacial score (nSPS) is 9.45. The number of carboxylic acids is 1. The van der Waals surface area contributed by atoms with Crippen LogP contribution in [-0.4, -0.2) is 16.2 Å². The lowest BCUT2D eigenvalue weighted by Crippen LogP contribution is -2.12. The first-order valence-corrected chi connectivity index (χ1v) is 2.65. The van der Waals surface area contributed by atoms with E-state index in [9.17, 15) is 9.59 Å². The molecule has 1 aromatic heterocycles. The van der Waals surface area contributed by atoms with Gasteiger partial charge in [0.05, 0.1) is 0 Å². The molecule has 58 valence electrons. The number of carboxylic acid groups (broad SMARTS) is 1. The van der Waals surface area contributed by atoms with Gasteiger partial charge in [-0.15, -0.1) is 0 Å². The van der Waals surface area contributed by atoms with E-state index in [4.69, 9.17) is 10.2 Å². The summed E-state index contributed by atoms with van der Waals surface area (Å²) < 4.78 is 4.35. The Labute approximate surface area is 60.5 Å². The van der Waals surface area contributed by atoms with Gasteiger partial charge < -0.3 is 14.6 Å². The van der Waals surface area contributed by atoms with Crippen molar-refractivity contribution in [2.24, 2.45) is 0 Å². The number of hydrogen-bond acceptors (Lipinski definition) is 4. The van der Waals surface area contributed by atoms with Crippen LogP contribution in [0.4, 0.5) is 0 Å². The summed E-state index contributed by atoms with van der Waals surface area (Å²) in [7, 11) is 0. The standard InChI is InChI=1S/C6H4O5/c7-4-2-11-1-3(5(4)8)6(9)10/h1-2,7H,(H,9,10). The molecule has 5 nitrogen and oxygen atoms in total. The maximum atomic E-state index is 10.7. The molecule has 0 amide bonds. The van der Waals surface area contributed by atoms with Crippen LogP contribution < -0.4 is 5.43 Å². The maximum absolute atomic E-state index is 10.7. The van der Waals surface area contributed by atoms with Gasteiger partial charge in [-0.1, -0.05) is 0 Å². The smallest absolute Gasteiger partial charge is 0.343 e. The van der Waals surface area contributed by atoms with Crippen LogP contribution in [0.1, 0.15) is 10.4 Å². The van der Waals surface area contributed by atoms with Crippen LogP contribution in [0.25, 0.3) is 0 Å². The third kappa shape index (κ3) is 1.21. The monoisotopic (exact) mass is 156 g/mol. The van der Waals surface area contributed by atoms with Gasteiger partial charge in [0.1, 0.15) is 18.1 Å². The first-order chi connectivity index (χ1) is 5.13. The van der Waals surface area contributed by atoms with Crippen LogP contribution in [0.3, 0.4) is 0 Å². The van der Waals surface area contributed by atoms with Gasteiger partial charge in [0, 0.05) is 0 Å². The Morgan fingerprint density at radius 2 is 2.09 bits per heavy atom. The summed E-state index contributed by atoms with van der Waals surface area (Å²) in [5.41, 5.74) is -1.52. The summed E-state index contributed by atoms with van der Waals surface area (Å²) in [5, 5.41) is 17.0. The maximum Gasteiger partial charge on any atom is 0.343 e. The van der Waals surface area contributed by atoms with Gasteiger partial charge in [-0.2, -0.15) is 0 Å². The van der Waals surface area contributed by atoms with Gasteiger partial charge >= 0.3 is 5.97 Å². The highest BCUT2D eigenvalue weighted by Crippen LogP contribution is 2.01. The zero-order chi connectivity index (χ0) is 8.43. The first-order valence-electron chi connectivity index (χ1n) is 2.65. The lowest BCUT2D eigenvalue weighted by atomic mass is 10.3. The van der Waals surface area contributed by atoms with E-state index in [1.165, 1.54) is 0 Å². The molecule has 0 atom stereocenters. The molecule has 1 rings (SSSR count). The summed E-state index contributed by atoms with van der Waals surface area (Å²) in [5.74, 6) is -2.13. The second-order valence-corrected chi connectivity index (χ2v) is 1.80. The fourth-order valence-corrected chi connectivity index (χ4v) is 0.559. The molecule has 1 aromatic rings. The Morgan fingerprint density at radius 3 is 2.55 bits per heavy atom. The lowest BCUT2D eigenvalue weighted by molar-refractivity contribution is 0.0692. The van der Waals surface area contributed by atoms with Crippen molar-refractivity contribution >= 4 is 5.97 Å². The zero-order valence-electron chi connectivity index (χ0n) is 5.27. The Kier molecular flexibility index (Phi) is 1.63. The molecule has 1 heterocycles. The van der Waals surface area contributed by atoms with Crippen molar-refractivity contribution in [1.82, 2.24) is 0 Å². The highest BCUT2D eigenvalue weighted by molar-refractivity contribution is 5.87. The number of carbonyl (C=O) groups is 1. The molecule has 0 aliphatic carbocycles. The highest BCUT2D eigenvalue weighted by atomic mass is 16.4. The third-order valence-electron chi connectivity index (χ3n) is 1.07. The number of aromatic hydroxyl groups is 1. The van der Waals surface area contributed by atoms with Crippen molar-refractivity contribution in [3.63, 3.8) is 0 Å². The SMILES string of the molecule is O=C(O)c1cocc(O)c1=O. The molecule has 2 N–H and O–H groups in total. The number of aromatic carboxylic acids is 1. The molecule has 0 spiro atoms. The second-order valence-electron chi connectivity index (χ2n) is 1.80. The Balaban J connectivity index is 3.40. The molecule has 11 heavy (non-hydrogen) atoms. The third-order valence-corrected chi connectivity index (χ3v) is 1.07. The molecule has 0 radical (unpaired) electrons. The van der Waals surface area contributed by atoms with E-state index in [0.717, 1.165) is 12.5 Å². The van der Waals surface area contributed by atoms with Crippen LogP contribution in [0.15, 0.2) is 21.7 Å². The minimum Gasteiger partial charge on any atom is -0.502 e.